The Bertz CT molecular complexity index is 1430. The van der Waals surface area contributed by atoms with Gasteiger partial charge in [-0.05, 0) is 38.0 Å². The van der Waals surface area contributed by atoms with Gasteiger partial charge in [-0.1, -0.05) is 17.5 Å². The maximum atomic E-state index is 13.4. The highest BCUT2D eigenvalue weighted by Crippen LogP contribution is 2.24. The van der Waals surface area contributed by atoms with E-state index < -0.39 is 0 Å². The number of piperidine rings is 1. The van der Waals surface area contributed by atoms with Crippen LogP contribution in [0.4, 0.5) is 5.95 Å². The van der Waals surface area contributed by atoms with Gasteiger partial charge in [0.1, 0.15) is 23.1 Å². The zero-order valence-corrected chi connectivity index (χ0v) is 18.3. The summed E-state index contributed by atoms with van der Waals surface area (Å²) in [6.07, 6.45) is 3.56. The second kappa shape index (κ2) is 8.30. The molecule has 1 aromatic carbocycles. The Morgan fingerprint density at radius 2 is 2.19 bits per heavy atom. The summed E-state index contributed by atoms with van der Waals surface area (Å²) in [6, 6.07) is 5.28. The average Bonchev–Trinajstić information content (AvgIpc) is 3.35. The molecule has 0 unspecified atom stereocenters. The Morgan fingerprint density at radius 3 is 3.00 bits per heavy atom. The van der Waals surface area contributed by atoms with Crippen LogP contribution in [0.15, 0.2) is 33.6 Å². The van der Waals surface area contributed by atoms with Gasteiger partial charge < -0.3 is 15.1 Å². The lowest BCUT2D eigenvalue weighted by Crippen LogP contribution is -2.44. The number of hydrogen-bond acceptors (Lipinski definition) is 7. The van der Waals surface area contributed by atoms with Crippen molar-refractivity contribution in [2.45, 2.75) is 38.9 Å². The minimum Gasteiger partial charge on any atom is -0.439 e. The fourth-order valence-electron chi connectivity index (χ4n) is 4.07. The van der Waals surface area contributed by atoms with E-state index in [1.165, 1.54) is 4.68 Å². The Labute approximate surface area is 188 Å². The molecule has 0 radical (unpaired) electrons. The minimum absolute atomic E-state index is 0.0803. The van der Waals surface area contributed by atoms with Crippen molar-refractivity contribution in [2.24, 2.45) is 5.73 Å². The van der Waals surface area contributed by atoms with E-state index in [0.717, 1.165) is 19.4 Å². The van der Waals surface area contributed by atoms with Gasteiger partial charge in [0.05, 0.1) is 12.7 Å². The first-order valence-corrected chi connectivity index (χ1v) is 10.8. The number of nitrogens with zero attached hydrogens (tertiary/aromatic N) is 6. The van der Waals surface area contributed by atoms with Crippen LogP contribution in [0.25, 0.3) is 22.1 Å². The van der Waals surface area contributed by atoms with Crippen molar-refractivity contribution >= 4 is 39.7 Å². The van der Waals surface area contributed by atoms with Crippen LogP contribution in [-0.4, -0.2) is 43.4 Å². The second-order valence-corrected chi connectivity index (χ2v) is 8.27. The number of rotatable bonds is 4. The molecule has 1 saturated heterocycles. The van der Waals surface area contributed by atoms with Crippen molar-refractivity contribution < 1.29 is 4.42 Å². The molecule has 10 heteroatoms. The van der Waals surface area contributed by atoms with E-state index >= 15 is 0 Å². The van der Waals surface area contributed by atoms with Gasteiger partial charge >= 0.3 is 0 Å². The lowest BCUT2D eigenvalue weighted by molar-refractivity contribution is 0.482. The Hall–Kier alpha value is -3.35. The van der Waals surface area contributed by atoms with Gasteiger partial charge in [-0.15, -0.1) is 5.92 Å². The summed E-state index contributed by atoms with van der Waals surface area (Å²) < 4.78 is 8.95. The molecule has 1 fully saturated rings. The largest absolute Gasteiger partial charge is 0.439 e. The topological polar surface area (TPSA) is 108 Å². The molecule has 0 saturated carbocycles. The standard InChI is InChI=1S/C22H22ClN7O2/c1-2-3-9-29-20-17(27-22(29)28-8-4-5-15(24)12-28)11-25-30(21(20)31)13-19-26-16-10-14(23)6-7-18(16)32-19/h6-7,10-11,15H,4-5,8-9,12-13,24H2,1H3/t15-/m1/s1. The molecule has 32 heavy (non-hydrogen) atoms. The number of halogens is 1. The molecule has 0 amide bonds. The molecule has 2 N–H and O–H groups in total. The van der Waals surface area contributed by atoms with Crippen molar-refractivity contribution in [1.82, 2.24) is 24.3 Å². The van der Waals surface area contributed by atoms with Gasteiger partial charge in [-0.3, -0.25) is 9.36 Å². The molecule has 1 aliphatic heterocycles. The van der Waals surface area contributed by atoms with Crippen LogP contribution >= 0.6 is 11.6 Å². The van der Waals surface area contributed by atoms with E-state index in [4.69, 9.17) is 26.7 Å². The molecule has 164 valence electrons. The van der Waals surface area contributed by atoms with Gasteiger partial charge in [0, 0.05) is 24.2 Å². The minimum atomic E-state index is -0.277. The summed E-state index contributed by atoms with van der Waals surface area (Å²) in [5, 5.41) is 4.88. The Balaban J connectivity index is 1.57. The molecule has 4 aromatic rings. The van der Waals surface area contributed by atoms with Crippen LogP contribution in [0.5, 0.6) is 0 Å². The molecular weight excluding hydrogens is 430 g/mol. The number of oxazole rings is 1. The average molecular weight is 452 g/mol. The van der Waals surface area contributed by atoms with Crippen LogP contribution in [0.1, 0.15) is 25.7 Å². The van der Waals surface area contributed by atoms with Gasteiger partial charge in [-0.2, -0.15) is 5.10 Å². The molecule has 5 rings (SSSR count). The van der Waals surface area contributed by atoms with Gasteiger partial charge in [-0.25, -0.2) is 14.6 Å². The van der Waals surface area contributed by atoms with Crippen molar-refractivity contribution in [3.8, 4) is 11.8 Å². The first-order chi connectivity index (χ1) is 15.5. The first kappa shape index (κ1) is 20.5. The summed E-state index contributed by atoms with van der Waals surface area (Å²) in [4.78, 5) is 24.7. The van der Waals surface area contributed by atoms with Gasteiger partial charge in [0.2, 0.25) is 11.8 Å². The summed E-state index contributed by atoms with van der Waals surface area (Å²) >= 11 is 6.03. The quantitative estimate of drug-likeness (QED) is 0.474. The number of imidazole rings is 1. The van der Waals surface area contributed by atoms with E-state index in [0.29, 0.717) is 52.1 Å². The first-order valence-electron chi connectivity index (χ1n) is 10.4. The number of benzene rings is 1. The van der Waals surface area contributed by atoms with Crippen molar-refractivity contribution in [3.05, 3.63) is 45.7 Å². The van der Waals surface area contributed by atoms with Gasteiger partial charge in [0.25, 0.3) is 5.56 Å². The Kier molecular flexibility index (Phi) is 5.33. The summed E-state index contributed by atoms with van der Waals surface area (Å²) in [5.41, 5.74) is 8.12. The van der Waals surface area contributed by atoms with Crippen LogP contribution in [0.2, 0.25) is 5.02 Å². The maximum absolute atomic E-state index is 13.4. The third kappa shape index (κ3) is 3.72. The third-order valence-corrected chi connectivity index (χ3v) is 5.80. The number of fused-ring (bicyclic) bond motifs is 2. The molecule has 9 nitrogen and oxygen atoms in total. The van der Waals surface area contributed by atoms with Crippen molar-refractivity contribution in [1.29, 1.82) is 0 Å². The lowest BCUT2D eigenvalue weighted by Gasteiger charge is -2.31. The predicted octanol–water partition coefficient (Wildman–Crippen LogP) is 2.39. The predicted molar refractivity (Wildman–Crippen MR) is 123 cm³/mol. The number of nitrogens with two attached hydrogens (primary N) is 1. The zero-order chi connectivity index (χ0) is 22.2. The second-order valence-electron chi connectivity index (χ2n) is 7.83. The third-order valence-electron chi connectivity index (χ3n) is 5.56. The summed E-state index contributed by atoms with van der Waals surface area (Å²) in [5.74, 6) is 7.03. The van der Waals surface area contributed by atoms with Crippen molar-refractivity contribution in [3.63, 3.8) is 0 Å². The zero-order valence-electron chi connectivity index (χ0n) is 17.6. The molecule has 0 aliphatic carbocycles. The number of anilines is 1. The van der Waals surface area contributed by atoms with Crippen LogP contribution in [0.3, 0.4) is 0 Å². The Morgan fingerprint density at radius 1 is 1.31 bits per heavy atom. The highest BCUT2D eigenvalue weighted by molar-refractivity contribution is 6.31. The molecule has 0 bridgehead atoms. The van der Waals surface area contributed by atoms with E-state index in [9.17, 15) is 4.79 Å². The normalized spacial score (nSPS) is 16.5. The monoisotopic (exact) mass is 451 g/mol. The van der Waals surface area contributed by atoms with Gasteiger partial charge in [0.15, 0.2) is 5.58 Å². The van der Waals surface area contributed by atoms with Crippen LogP contribution in [0, 0.1) is 11.8 Å². The maximum Gasteiger partial charge on any atom is 0.293 e. The number of aromatic nitrogens is 5. The van der Waals surface area contributed by atoms with E-state index in [2.05, 4.69) is 26.8 Å². The SMILES string of the molecule is CC#CCn1c(N2CCC[C@@H](N)C2)nc2cnn(Cc3nc4cc(Cl)ccc4o3)c(=O)c21. The molecule has 1 atom stereocenters. The summed E-state index contributed by atoms with van der Waals surface area (Å²) in [7, 11) is 0. The van der Waals surface area contributed by atoms with E-state index in [1.54, 1.807) is 31.3 Å². The van der Waals surface area contributed by atoms with Crippen LogP contribution in [-0.2, 0) is 13.1 Å². The van der Waals surface area contributed by atoms with E-state index in [-0.39, 0.29) is 18.1 Å². The summed E-state index contributed by atoms with van der Waals surface area (Å²) in [6.45, 7) is 3.75. The number of hydrogen-bond donors (Lipinski definition) is 1. The smallest absolute Gasteiger partial charge is 0.293 e. The molecule has 4 heterocycles. The highest BCUT2D eigenvalue weighted by Gasteiger charge is 2.24. The molecule has 0 spiro atoms. The molecular formula is C22H22ClN7O2. The van der Waals surface area contributed by atoms with E-state index in [1.807, 2.05) is 4.57 Å². The lowest BCUT2D eigenvalue weighted by atomic mass is 10.1. The molecule has 1 aliphatic rings. The fraction of sp³-hybridized carbons (Fsp3) is 0.364. The van der Waals surface area contributed by atoms with Crippen LogP contribution < -0.4 is 16.2 Å². The molecule has 3 aromatic heterocycles. The van der Waals surface area contributed by atoms with Crippen molar-refractivity contribution in [2.75, 3.05) is 18.0 Å². The fourth-order valence-corrected chi connectivity index (χ4v) is 4.24. The highest BCUT2D eigenvalue weighted by atomic mass is 35.5.